The summed E-state index contributed by atoms with van der Waals surface area (Å²) >= 11 is 0. The van der Waals surface area contributed by atoms with Crippen molar-refractivity contribution in [3.63, 3.8) is 0 Å². The molecule has 0 radical (unpaired) electrons. The van der Waals surface area contributed by atoms with Gasteiger partial charge in [-0.25, -0.2) is 0 Å². The predicted octanol–water partition coefficient (Wildman–Crippen LogP) is 0.159. The molecule has 1 saturated heterocycles. The van der Waals surface area contributed by atoms with E-state index in [1.54, 1.807) is 5.32 Å². The monoisotopic (exact) mass is 152 g/mol. The van der Waals surface area contributed by atoms with Crippen molar-refractivity contribution in [1.29, 1.82) is 0 Å². The number of nitrogens with one attached hydrogen (secondary N) is 1. The number of carbonyl (C=O) groups excluding carboxylic acids is 1. The second kappa shape index (κ2) is 3.56. The van der Waals surface area contributed by atoms with E-state index in [0.29, 0.717) is 0 Å². The van der Waals surface area contributed by atoms with Crippen LogP contribution in [0.25, 0.3) is 0 Å². The maximum absolute atomic E-state index is 11.6. The minimum Gasteiger partial charge on any atom is -0.469 e. The SMILES string of the molecule is [2H]C1([2H])NC([2H])([2H])C([2H])(C(=O)OC)C([2H])([2H])C1([2H])[2H]. The van der Waals surface area contributed by atoms with Crippen LogP contribution in [0.4, 0.5) is 0 Å². The van der Waals surface area contributed by atoms with Gasteiger partial charge in [-0.1, -0.05) is 0 Å². The van der Waals surface area contributed by atoms with E-state index >= 15 is 0 Å². The zero-order chi connectivity index (χ0) is 15.5. The summed E-state index contributed by atoms with van der Waals surface area (Å²) in [5.74, 6) is -4.93. The first-order chi connectivity index (χ1) is 8.19. The van der Waals surface area contributed by atoms with Crippen molar-refractivity contribution in [1.82, 2.24) is 5.32 Å². The summed E-state index contributed by atoms with van der Waals surface area (Å²) in [6.45, 7) is -6.28. The van der Waals surface area contributed by atoms with E-state index in [4.69, 9.17) is 12.3 Å². The highest BCUT2D eigenvalue weighted by Crippen LogP contribution is 2.10. The molecule has 3 heteroatoms. The van der Waals surface area contributed by atoms with Gasteiger partial charge in [0.2, 0.25) is 0 Å². The van der Waals surface area contributed by atoms with Crippen molar-refractivity contribution in [2.24, 2.45) is 5.89 Å². The maximum atomic E-state index is 11.6. The van der Waals surface area contributed by atoms with Crippen molar-refractivity contribution >= 4 is 5.97 Å². The van der Waals surface area contributed by atoms with Crippen LogP contribution < -0.4 is 5.32 Å². The molecule has 3 nitrogen and oxygen atoms in total. The summed E-state index contributed by atoms with van der Waals surface area (Å²) in [4.78, 5) is 11.6. The second-order valence-corrected chi connectivity index (χ2v) is 1.49. The lowest BCUT2D eigenvalue weighted by Crippen LogP contribution is -2.34. The molecule has 0 aliphatic carbocycles. The Morgan fingerprint density at radius 2 is 2.80 bits per heavy atom. The maximum Gasteiger partial charge on any atom is 0.309 e. The van der Waals surface area contributed by atoms with Gasteiger partial charge in [-0.15, -0.1) is 0 Å². The number of esters is 1. The van der Waals surface area contributed by atoms with E-state index in [2.05, 4.69) is 4.74 Å². The van der Waals surface area contributed by atoms with Crippen LogP contribution in [0.1, 0.15) is 25.1 Å². The van der Waals surface area contributed by atoms with Gasteiger partial charge < -0.3 is 10.1 Å². The third kappa shape index (κ3) is 1.70. The summed E-state index contributed by atoms with van der Waals surface area (Å²) in [5, 5.41) is 1.55. The lowest BCUT2D eigenvalue weighted by Gasteiger charge is -2.19. The van der Waals surface area contributed by atoms with E-state index in [0.717, 1.165) is 7.11 Å². The molecule has 1 N–H and O–H groups in total. The number of carbonyl (C=O) groups is 1. The number of methoxy groups -OCH3 is 1. The fourth-order valence-electron chi connectivity index (χ4n) is 0.454. The van der Waals surface area contributed by atoms with Gasteiger partial charge in [0.05, 0.1) is 13.0 Å². The van der Waals surface area contributed by atoms with Gasteiger partial charge in [0, 0.05) is 18.8 Å². The molecule has 0 saturated carbocycles. The average molecular weight is 152 g/mol. The minimum atomic E-state index is -3.47. The smallest absolute Gasteiger partial charge is 0.309 e. The van der Waals surface area contributed by atoms with E-state index in [-0.39, 0.29) is 0 Å². The van der Waals surface area contributed by atoms with Crippen molar-refractivity contribution in [2.75, 3.05) is 20.1 Å². The second-order valence-electron chi connectivity index (χ2n) is 1.49. The van der Waals surface area contributed by atoms with Crippen LogP contribution in [0.3, 0.4) is 0 Å². The Morgan fingerprint density at radius 1 is 2.00 bits per heavy atom. The summed E-state index contributed by atoms with van der Waals surface area (Å²) < 4.78 is 72.0. The number of piperidine rings is 1. The van der Waals surface area contributed by atoms with Gasteiger partial charge in [-0.05, 0) is 19.2 Å². The molecular formula is C7H13NO2. The number of rotatable bonds is 1. The molecular weight excluding hydrogens is 130 g/mol. The van der Waals surface area contributed by atoms with E-state index in [9.17, 15) is 4.79 Å². The van der Waals surface area contributed by atoms with E-state index < -0.39 is 37.6 Å². The van der Waals surface area contributed by atoms with Gasteiger partial charge in [0.15, 0.2) is 0 Å². The molecule has 0 aromatic carbocycles. The molecule has 0 amide bonds. The average Bonchev–Trinajstić information content (AvgIpc) is 2.22. The highest BCUT2D eigenvalue weighted by atomic mass is 16.5. The Labute approximate surface area is 73.4 Å². The molecule has 1 heterocycles. The van der Waals surface area contributed by atoms with E-state index in [1.165, 1.54) is 0 Å². The van der Waals surface area contributed by atoms with Gasteiger partial charge in [-0.2, -0.15) is 0 Å². The molecule has 1 fully saturated rings. The molecule has 1 aliphatic rings. The normalized spacial score (nSPS) is 66.7. The Hall–Kier alpha value is -0.570. The number of hydrogen-bond donors (Lipinski definition) is 1. The molecule has 1 unspecified atom stereocenters. The molecule has 0 spiro atoms. The molecule has 1 aliphatic heterocycles. The first kappa shape index (κ1) is 1.97. The highest BCUT2D eigenvalue weighted by Gasteiger charge is 2.20. The summed E-state index contributed by atoms with van der Waals surface area (Å²) in [6.07, 6.45) is -6.80. The van der Waals surface area contributed by atoms with Gasteiger partial charge >= 0.3 is 5.97 Å². The van der Waals surface area contributed by atoms with Crippen LogP contribution in [-0.4, -0.2) is 26.1 Å². The molecule has 0 bridgehead atoms. The van der Waals surface area contributed by atoms with Crippen molar-refractivity contribution in [3.8, 4) is 0 Å². The third-order valence-electron chi connectivity index (χ3n) is 0.890. The number of ether oxygens (including phenoxy) is 1. The van der Waals surface area contributed by atoms with Gasteiger partial charge in [0.1, 0.15) is 0 Å². The lowest BCUT2D eigenvalue weighted by atomic mass is 10.0. The zero-order valence-corrected chi connectivity index (χ0v) is 5.32. The number of hydrogen-bond acceptors (Lipinski definition) is 3. The van der Waals surface area contributed by atoms with Crippen LogP contribution in [0.15, 0.2) is 0 Å². The van der Waals surface area contributed by atoms with Crippen LogP contribution in [-0.2, 0) is 9.53 Å². The fourth-order valence-corrected chi connectivity index (χ4v) is 0.454. The molecule has 10 heavy (non-hydrogen) atoms. The quantitative estimate of drug-likeness (QED) is 0.544. The molecule has 58 valence electrons. The Balaban J connectivity index is 3.60. The Kier molecular flexibility index (Phi) is 0.703. The Bertz CT molecular complexity index is 409. The van der Waals surface area contributed by atoms with Crippen LogP contribution in [0.5, 0.6) is 0 Å². The van der Waals surface area contributed by atoms with Crippen molar-refractivity contribution in [3.05, 3.63) is 0 Å². The molecule has 0 aromatic rings. The summed E-state index contributed by atoms with van der Waals surface area (Å²) in [7, 11) is 0.809. The summed E-state index contributed by atoms with van der Waals surface area (Å²) in [6, 6.07) is 0. The molecule has 0 aromatic heterocycles. The fraction of sp³-hybridized carbons (Fsp3) is 0.857. The highest BCUT2D eigenvalue weighted by molar-refractivity contribution is 5.72. The first-order valence-corrected chi connectivity index (χ1v) is 2.57. The largest absolute Gasteiger partial charge is 0.469 e. The molecule has 1 rings (SSSR count). The van der Waals surface area contributed by atoms with Gasteiger partial charge in [0.25, 0.3) is 0 Å². The predicted molar refractivity (Wildman–Crippen MR) is 37.6 cm³/mol. The van der Waals surface area contributed by atoms with Crippen LogP contribution in [0.2, 0.25) is 0 Å². The standard InChI is InChI=1S/C7H13NO2/c1-10-7(9)6-3-2-4-8-5-6/h6,8H,2-5H2,1H3/i2D2,3D2,4D2,5D2,6D. The van der Waals surface area contributed by atoms with Crippen molar-refractivity contribution < 1.29 is 21.9 Å². The lowest BCUT2D eigenvalue weighted by molar-refractivity contribution is -0.145. The van der Waals surface area contributed by atoms with Crippen molar-refractivity contribution in [2.45, 2.75) is 12.7 Å². The van der Waals surface area contributed by atoms with E-state index in [1.807, 2.05) is 0 Å². The first-order valence-electron chi connectivity index (χ1n) is 7.07. The minimum absolute atomic E-state index is 0.809. The zero-order valence-electron chi connectivity index (χ0n) is 14.3. The topological polar surface area (TPSA) is 38.3 Å². The Morgan fingerprint density at radius 3 is 3.50 bits per heavy atom. The third-order valence-corrected chi connectivity index (χ3v) is 0.890. The summed E-state index contributed by atoms with van der Waals surface area (Å²) in [5.41, 5.74) is 0. The van der Waals surface area contributed by atoms with Gasteiger partial charge in [-0.3, -0.25) is 4.79 Å². The molecule has 1 atom stereocenters. The van der Waals surface area contributed by atoms with Crippen LogP contribution >= 0.6 is 0 Å². The van der Waals surface area contributed by atoms with Crippen LogP contribution in [0, 0.1) is 5.89 Å².